The molecule has 0 aliphatic carbocycles. The van der Waals surface area contributed by atoms with Crippen molar-refractivity contribution < 1.29 is 13.2 Å². The molecular formula is C26H21N3O3S. The zero-order chi connectivity index (χ0) is 22.8. The summed E-state index contributed by atoms with van der Waals surface area (Å²) in [6.07, 6.45) is 2.21. The van der Waals surface area contributed by atoms with Crippen LogP contribution < -0.4 is 5.32 Å². The van der Waals surface area contributed by atoms with Gasteiger partial charge in [-0.25, -0.2) is 17.4 Å². The van der Waals surface area contributed by atoms with Crippen LogP contribution in [-0.4, -0.2) is 29.8 Å². The second-order valence-electron chi connectivity index (χ2n) is 7.68. The van der Waals surface area contributed by atoms with E-state index in [0.717, 1.165) is 16.3 Å². The van der Waals surface area contributed by atoms with Gasteiger partial charge in [0, 0.05) is 29.1 Å². The fraction of sp³-hybridized carbons (Fsp3) is 0.0769. The summed E-state index contributed by atoms with van der Waals surface area (Å²) in [7, 11) is -3.82. The molecule has 2 heterocycles. The predicted molar refractivity (Wildman–Crippen MR) is 129 cm³/mol. The monoisotopic (exact) mass is 455 g/mol. The van der Waals surface area contributed by atoms with Gasteiger partial charge in [-0.3, -0.25) is 4.79 Å². The van der Waals surface area contributed by atoms with Crippen molar-refractivity contribution in [3.8, 4) is 0 Å². The Morgan fingerprint density at radius 1 is 0.848 bits per heavy atom. The number of benzene rings is 3. The second-order valence-corrected chi connectivity index (χ2v) is 9.47. The van der Waals surface area contributed by atoms with E-state index in [1.54, 1.807) is 54.7 Å². The Balaban J connectivity index is 1.49. The Morgan fingerprint density at radius 3 is 2.33 bits per heavy atom. The largest absolute Gasteiger partial charge is 0.352 e. The number of hydrogen-bond donors (Lipinski definition) is 1. The van der Waals surface area contributed by atoms with Gasteiger partial charge in [-0.15, -0.1) is 0 Å². The maximum Gasteiger partial charge on any atom is 0.269 e. The van der Waals surface area contributed by atoms with E-state index in [9.17, 15) is 13.2 Å². The van der Waals surface area contributed by atoms with Crippen molar-refractivity contribution in [2.75, 3.05) is 6.54 Å². The van der Waals surface area contributed by atoms with Gasteiger partial charge in [0.15, 0.2) is 5.65 Å². The van der Waals surface area contributed by atoms with Crippen molar-refractivity contribution in [3.63, 3.8) is 0 Å². The zero-order valence-electron chi connectivity index (χ0n) is 17.7. The van der Waals surface area contributed by atoms with Gasteiger partial charge in [0.25, 0.3) is 15.9 Å². The maximum absolute atomic E-state index is 13.5. The summed E-state index contributed by atoms with van der Waals surface area (Å²) in [5.41, 5.74) is 2.58. The first-order chi connectivity index (χ1) is 16.1. The predicted octanol–water partition coefficient (Wildman–Crippen LogP) is 4.40. The molecule has 0 saturated carbocycles. The summed E-state index contributed by atoms with van der Waals surface area (Å²) in [5, 5.41) is 4.51. The van der Waals surface area contributed by atoms with E-state index in [1.807, 2.05) is 42.5 Å². The molecule has 0 saturated heterocycles. The molecule has 33 heavy (non-hydrogen) atoms. The third-order valence-electron chi connectivity index (χ3n) is 5.57. The molecule has 0 bridgehead atoms. The first-order valence-electron chi connectivity index (χ1n) is 10.6. The molecule has 1 N–H and O–H groups in total. The number of carbonyl (C=O) groups excluding carboxylic acids is 1. The molecule has 2 aromatic heterocycles. The van der Waals surface area contributed by atoms with Gasteiger partial charge in [-0.05, 0) is 60.5 Å². The van der Waals surface area contributed by atoms with Crippen molar-refractivity contribution in [3.05, 3.63) is 108 Å². The number of nitrogens with zero attached hydrogens (tertiary/aromatic N) is 2. The Morgan fingerprint density at radius 2 is 1.58 bits per heavy atom. The lowest BCUT2D eigenvalue weighted by Crippen LogP contribution is -2.25. The highest BCUT2D eigenvalue weighted by Gasteiger charge is 2.24. The third kappa shape index (κ3) is 3.87. The number of aromatic nitrogens is 2. The number of carbonyl (C=O) groups is 1. The van der Waals surface area contributed by atoms with E-state index in [0.29, 0.717) is 29.7 Å². The molecule has 0 aliphatic heterocycles. The van der Waals surface area contributed by atoms with Gasteiger partial charge in [0.05, 0.1) is 10.4 Å². The van der Waals surface area contributed by atoms with Crippen LogP contribution in [-0.2, 0) is 16.4 Å². The minimum Gasteiger partial charge on any atom is -0.352 e. The van der Waals surface area contributed by atoms with Crippen molar-refractivity contribution in [1.29, 1.82) is 0 Å². The normalized spacial score (nSPS) is 11.6. The molecule has 6 nitrogen and oxygen atoms in total. The maximum atomic E-state index is 13.5. The Kier molecular flexibility index (Phi) is 5.40. The van der Waals surface area contributed by atoms with Crippen LogP contribution in [0.15, 0.2) is 102 Å². The molecule has 164 valence electrons. The van der Waals surface area contributed by atoms with Crippen LogP contribution in [0.5, 0.6) is 0 Å². The van der Waals surface area contributed by atoms with Crippen molar-refractivity contribution in [2.24, 2.45) is 0 Å². The SMILES string of the molecule is O=C(NCCc1ccc2c(c1)c1cccnc1n2S(=O)(=O)c1ccccc1)c1ccccc1. The van der Waals surface area contributed by atoms with Gasteiger partial charge in [-0.2, -0.15) is 0 Å². The van der Waals surface area contributed by atoms with Crippen LogP contribution in [0.2, 0.25) is 0 Å². The quantitative estimate of drug-likeness (QED) is 0.412. The minimum absolute atomic E-state index is 0.119. The number of rotatable bonds is 6. The molecule has 7 heteroatoms. The Bertz CT molecular complexity index is 1560. The Hall–Kier alpha value is -3.97. The highest BCUT2D eigenvalue weighted by Crippen LogP contribution is 2.32. The molecule has 0 spiro atoms. The summed E-state index contributed by atoms with van der Waals surface area (Å²) in [6.45, 7) is 0.471. The van der Waals surface area contributed by atoms with Crippen LogP contribution in [0.1, 0.15) is 15.9 Å². The van der Waals surface area contributed by atoms with E-state index < -0.39 is 10.0 Å². The number of nitrogens with one attached hydrogen (secondary N) is 1. The van der Waals surface area contributed by atoms with Gasteiger partial charge in [0.2, 0.25) is 0 Å². The first-order valence-corrected chi connectivity index (χ1v) is 12.0. The van der Waals surface area contributed by atoms with E-state index in [1.165, 1.54) is 3.97 Å². The van der Waals surface area contributed by atoms with Crippen molar-refractivity contribution in [1.82, 2.24) is 14.3 Å². The van der Waals surface area contributed by atoms with Gasteiger partial charge in [0.1, 0.15) is 0 Å². The lowest BCUT2D eigenvalue weighted by Gasteiger charge is -2.09. The van der Waals surface area contributed by atoms with Crippen LogP contribution in [0.3, 0.4) is 0 Å². The highest BCUT2D eigenvalue weighted by molar-refractivity contribution is 7.90. The Labute approximate surface area is 191 Å². The lowest BCUT2D eigenvalue weighted by molar-refractivity contribution is 0.0954. The van der Waals surface area contributed by atoms with Crippen LogP contribution >= 0.6 is 0 Å². The molecular weight excluding hydrogens is 434 g/mol. The van der Waals surface area contributed by atoms with Gasteiger partial charge < -0.3 is 5.32 Å². The van der Waals surface area contributed by atoms with E-state index in [4.69, 9.17) is 0 Å². The van der Waals surface area contributed by atoms with E-state index >= 15 is 0 Å². The number of fused-ring (bicyclic) bond motifs is 3. The first kappa shape index (κ1) is 20.9. The summed E-state index contributed by atoms with van der Waals surface area (Å²) in [4.78, 5) is 16.9. The minimum atomic E-state index is -3.82. The van der Waals surface area contributed by atoms with Crippen LogP contribution in [0.25, 0.3) is 21.9 Å². The zero-order valence-corrected chi connectivity index (χ0v) is 18.5. The molecule has 5 aromatic rings. The van der Waals surface area contributed by atoms with Crippen molar-refractivity contribution in [2.45, 2.75) is 11.3 Å². The van der Waals surface area contributed by atoms with Crippen LogP contribution in [0.4, 0.5) is 0 Å². The molecule has 0 unspecified atom stereocenters. The number of hydrogen-bond acceptors (Lipinski definition) is 4. The van der Waals surface area contributed by atoms with Gasteiger partial charge in [-0.1, -0.05) is 42.5 Å². The molecule has 0 radical (unpaired) electrons. The standard InChI is InChI=1S/C26H21N3O3S/c30-26(20-8-3-1-4-9-20)28-17-15-19-13-14-24-23(18-19)22-12-7-16-27-25(22)29(24)33(31,32)21-10-5-2-6-11-21/h1-14,16,18H,15,17H2,(H,28,30). The highest BCUT2D eigenvalue weighted by atomic mass is 32.2. The van der Waals surface area contributed by atoms with Crippen molar-refractivity contribution >= 4 is 37.9 Å². The summed E-state index contributed by atoms with van der Waals surface area (Å²) in [6, 6.07) is 26.8. The molecule has 5 rings (SSSR count). The summed E-state index contributed by atoms with van der Waals surface area (Å²) < 4.78 is 28.2. The summed E-state index contributed by atoms with van der Waals surface area (Å²) in [5.74, 6) is -0.119. The second kappa shape index (κ2) is 8.52. The molecule has 0 atom stereocenters. The van der Waals surface area contributed by atoms with Crippen LogP contribution in [0, 0.1) is 0 Å². The fourth-order valence-corrected chi connectivity index (χ4v) is 5.47. The summed E-state index contributed by atoms with van der Waals surface area (Å²) >= 11 is 0. The lowest BCUT2D eigenvalue weighted by atomic mass is 10.1. The fourth-order valence-electron chi connectivity index (χ4n) is 3.97. The molecule has 0 aliphatic rings. The third-order valence-corrected chi connectivity index (χ3v) is 7.28. The van der Waals surface area contributed by atoms with Gasteiger partial charge >= 0.3 is 0 Å². The molecule has 3 aromatic carbocycles. The van der Waals surface area contributed by atoms with E-state index in [2.05, 4.69) is 10.3 Å². The molecule has 1 amide bonds. The van der Waals surface area contributed by atoms with E-state index in [-0.39, 0.29) is 10.8 Å². The number of amides is 1. The topological polar surface area (TPSA) is 81.1 Å². The molecule has 0 fully saturated rings. The average molecular weight is 456 g/mol. The smallest absolute Gasteiger partial charge is 0.269 e. The number of pyridine rings is 1. The average Bonchev–Trinajstić information content (AvgIpc) is 3.19.